The summed E-state index contributed by atoms with van der Waals surface area (Å²) in [5, 5.41) is 4.61. The fourth-order valence-electron chi connectivity index (χ4n) is 3.62. The van der Waals surface area contributed by atoms with Gasteiger partial charge in [0.15, 0.2) is 0 Å². The van der Waals surface area contributed by atoms with Gasteiger partial charge in [0.1, 0.15) is 0 Å². The molecule has 0 nitrogen and oxygen atoms in total. The summed E-state index contributed by atoms with van der Waals surface area (Å²) in [4.78, 5) is 0. The lowest BCUT2D eigenvalue weighted by Crippen LogP contribution is -2.17. The molecule has 0 aromatic carbocycles. The lowest BCUT2D eigenvalue weighted by molar-refractivity contribution is 0.253. The van der Waals surface area contributed by atoms with E-state index in [1.54, 1.807) is 5.56 Å². The van der Waals surface area contributed by atoms with Gasteiger partial charge in [0.2, 0.25) is 0 Å². The minimum absolute atomic E-state index is 0.430. The number of unbranched alkanes of at least 4 members (excludes halogenated alkanes) is 1. The van der Waals surface area contributed by atoms with Gasteiger partial charge < -0.3 is 0 Å². The van der Waals surface area contributed by atoms with Crippen molar-refractivity contribution < 1.29 is 0 Å². The van der Waals surface area contributed by atoms with Crippen molar-refractivity contribution in [3.8, 4) is 0 Å². The Bertz CT molecular complexity index is 431. The molecule has 0 aliphatic carbocycles. The summed E-state index contributed by atoms with van der Waals surface area (Å²) in [7, 11) is 0. The number of thiophene rings is 1. The van der Waals surface area contributed by atoms with Gasteiger partial charge in [-0.25, -0.2) is 0 Å². The molecule has 1 aromatic rings. The Morgan fingerprint density at radius 1 is 1.17 bits per heavy atom. The maximum atomic E-state index is 4.01. The summed E-state index contributed by atoms with van der Waals surface area (Å²) in [5.41, 5.74) is 3.46. The zero-order chi connectivity index (χ0) is 17.1. The van der Waals surface area contributed by atoms with Crippen molar-refractivity contribution in [3.05, 3.63) is 34.5 Å². The minimum atomic E-state index is 0.430. The van der Waals surface area contributed by atoms with Crippen LogP contribution in [0.25, 0.3) is 0 Å². The average molecular weight is 335 g/mol. The van der Waals surface area contributed by atoms with E-state index in [1.165, 1.54) is 63.4 Å². The van der Waals surface area contributed by atoms with Crippen molar-refractivity contribution >= 4 is 11.3 Å². The van der Waals surface area contributed by atoms with Gasteiger partial charge in [-0.3, -0.25) is 0 Å². The Hall–Kier alpha value is -0.560. The van der Waals surface area contributed by atoms with Crippen LogP contribution in [0, 0.1) is 18.3 Å². The van der Waals surface area contributed by atoms with Crippen LogP contribution in [0.2, 0.25) is 0 Å². The summed E-state index contributed by atoms with van der Waals surface area (Å²) in [6, 6.07) is 0. The third-order valence-electron chi connectivity index (χ3n) is 5.53. The highest BCUT2D eigenvalue weighted by atomic mass is 32.1. The molecule has 0 spiro atoms. The van der Waals surface area contributed by atoms with Gasteiger partial charge in [0.05, 0.1) is 0 Å². The first kappa shape index (κ1) is 20.5. The fourth-order valence-corrected chi connectivity index (χ4v) is 4.51. The fraction of sp³-hybridized carbons (Fsp3) is 0.727. The topological polar surface area (TPSA) is 0 Å². The molecule has 23 heavy (non-hydrogen) atoms. The molecule has 0 N–H and O–H groups in total. The molecule has 0 aliphatic heterocycles. The molecule has 0 bridgehead atoms. The molecule has 132 valence electrons. The first-order chi connectivity index (χ1) is 11.0. The van der Waals surface area contributed by atoms with Gasteiger partial charge in [-0.05, 0) is 65.8 Å². The van der Waals surface area contributed by atoms with Crippen LogP contribution in [0.1, 0.15) is 89.7 Å². The second-order valence-electron chi connectivity index (χ2n) is 7.69. The molecule has 0 saturated carbocycles. The normalized spacial score (nSPS) is 15.3. The Morgan fingerprint density at radius 3 is 2.48 bits per heavy atom. The summed E-state index contributed by atoms with van der Waals surface area (Å²) >= 11 is 1.84. The molecular weight excluding hydrogens is 296 g/mol. The Labute approximate surface area is 149 Å². The van der Waals surface area contributed by atoms with Crippen LogP contribution in [0.15, 0.2) is 23.4 Å². The third-order valence-corrected chi connectivity index (χ3v) is 6.44. The summed E-state index contributed by atoms with van der Waals surface area (Å²) < 4.78 is 0. The van der Waals surface area contributed by atoms with Gasteiger partial charge >= 0.3 is 0 Å². The van der Waals surface area contributed by atoms with Crippen molar-refractivity contribution in [2.45, 2.75) is 91.9 Å². The summed E-state index contributed by atoms with van der Waals surface area (Å²) in [6.45, 7) is 13.4. The molecule has 1 heterocycles. The maximum absolute atomic E-state index is 4.01. The van der Waals surface area contributed by atoms with E-state index in [4.69, 9.17) is 0 Å². The van der Waals surface area contributed by atoms with Gasteiger partial charge in [-0.15, -0.1) is 6.58 Å². The van der Waals surface area contributed by atoms with Crippen molar-refractivity contribution in [1.82, 2.24) is 0 Å². The van der Waals surface area contributed by atoms with Crippen molar-refractivity contribution in [2.24, 2.45) is 11.3 Å². The molecule has 1 aromatic heterocycles. The van der Waals surface area contributed by atoms with Gasteiger partial charge in [-0.1, -0.05) is 65.4 Å². The average Bonchev–Trinajstić information content (AvgIpc) is 2.94. The largest absolute Gasteiger partial charge is 0.152 e. The van der Waals surface area contributed by atoms with Crippen LogP contribution in [0.5, 0.6) is 0 Å². The van der Waals surface area contributed by atoms with Crippen LogP contribution >= 0.6 is 11.3 Å². The van der Waals surface area contributed by atoms with Crippen LogP contribution in [0.3, 0.4) is 0 Å². The first-order valence-electron chi connectivity index (χ1n) is 9.67. The van der Waals surface area contributed by atoms with E-state index in [0.29, 0.717) is 5.41 Å². The second-order valence-corrected chi connectivity index (χ2v) is 8.44. The van der Waals surface area contributed by atoms with E-state index in [1.807, 2.05) is 11.3 Å². The van der Waals surface area contributed by atoms with Gasteiger partial charge in [0.25, 0.3) is 0 Å². The van der Waals surface area contributed by atoms with Crippen molar-refractivity contribution in [2.75, 3.05) is 0 Å². The van der Waals surface area contributed by atoms with Crippen LogP contribution in [-0.2, 0) is 6.42 Å². The highest BCUT2D eigenvalue weighted by Gasteiger charge is 2.23. The zero-order valence-corrected chi connectivity index (χ0v) is 16.8. The van der Waals surface area contributed by atoms with Gasteiger partial charge in [-0.2, -0.15) is 11.3 Å². The van der Waals surface area contributed by atoms with E-state index in [-0.39, 0.29) is 0 Å². The third kappa shape index (κ3) is 7.70. The number of aryl methyl sites for hydroxylation is 2. The van der Waals surface area contributed by atoms with Crippen molar-refractivity contribution in [3.63, 3.8) is 0 Å². The van der Waals surface area contributed by atoms with E-state index in [2.05, 4.69) is 51.1 Å². The molecule has 0 amide bonds. The molecule has 0 radical (unpaired) electrons. The summed E-state index contributed by atoms with van der Waals surface area (Å²) in [6.07, 6.45) is 15.5. The Balaban J connectivity index is 2.45. The predicted octanol–water partition coefficient (Wildman–Crippen LogP) is 7.96. The Kier molecular flexibility index (Phi) is 9.86. The van der Waals surface area contributed by atoms with Crippen LogP contribution in [0.4, 0.5) is 0 Å². The smallest absolute Gasteiger partial charge is 0.00585 e. The number of hydrogen-bond acceptors (Lipinski definition) is 1. The molecule has 0 aliphatic rings. The highest BCUT2D eigenvalue weighted by molar-refractivity contribution is 7.08. The van der Waals surface area contributed by atoms with E-state index in [0.717, 1.165) is 12.3 Å². The minimum Gasteiger partial charge on any atom is -0.152 e. The van der Waals surface area contributed by atoms with Gasteiger partial charge in [0, 0.05) is 0 Å². The monoisotopic (exact) mass is 334 g/mol. The maximum Gasteiger partial charge on any atom is -0.00585 e. The quantitative estimate of drug-likeness (QED) is 0.321. The zero-order valence-electron chi connectivity index (χ0n) is 16.0. The van der Waals surface area contributed by atoms with Crippen LogP contribution < -0.4 is 0 Å². The molecule has 2 unspecified atom stereocenters. The Morgan fingerprint density at radius 2 is 1.91 bits per heavy atom. The van der Waals surface area contributed by atoms with Crippen LogP contribution in [-0.4, -0.2) is 0 Å². The lowest BCUT2D eigenvalue weighted by atomic mass is 9.76. The first-order valence-corrected chi connectivity index (χ1v) is 10.6. The highest BCUT2D eigenvalue weighted by Crippen LogP contribution is 2.36. The standard InChI is InChI=1S/C22H38S/c1-6-9-11-20(8-3)12-10-15-22(5,14-7-2)16-13-21-18-23-17-19(21)4/h7,17-18,20H,2,6,8-16H2,1,3-5H3. The predicted molar refractivity (Wildman–Crippen MR) is 107 cm³/mol. The SMILES string of the molecule is C=CCC(C)(CCCC(CC)CCCC)CCc1cscc1C. The van der Waals surface area contributed by atoms with E-state index in [9.17, 15) is 0 Å². The molecule has 1 heteroatoms. The number of hydrogen-bond donors (Lipinski definition) is 0. The molecule has 0 fully saturated rings. The summed E-state index contributed by atoms with van der Waals surface area (Å²) in [5.74, 6) is 0.946. The van der Waals surface area contributed by atoms with E-state index < -0.39 is 0 Å². The number of rotatable bonds is 13. The molecule has 1 rings (SSSR count). The van der Waals surface area contributed by atoms with Crippen molar-refractivity contribution in [1.29, 1.82) is 0 Å². The lowest BCUT2D eigenvalue weighted by Gasteiger charge is -2.29. The molecule has 0 saturated heterocycles. The molecule has 2 atom stereocenters. The second kappa shape index (κ2) is 11.1. The number of allylic oxidation sites excluding steroid dienone is 1. The molecular formula is C22H38S. The van der Waals surface area contributed by atoms with E-state index >= 15 is 0 Å².